The molecule has 0 radical (unpaired) electrons. The van der Waals surface area contributed by atoms with Gasteiger partial charge < -0.3 is 16.0 Å². The van der Waals surface area contributed by atoms with Crippen molar-refractivity contribution in [1.29, 1.82) is 0 Å². The Hall–Kier alpha value is -2.66. The van der Waals surface area contributed by atoms with Crippen LogP contribution >= 0.6 is 0 Å². The molecule has 0 bridgehead atoms. The van der Waals surface area contributed by atoms with Gasteiger partial charge in [0.15, 0.2) is 0 Å². The lowest BCUT2D eigenvalue weighted by Crippen LogP contribution is -2.18. The molecule has 5 nitrogen and oxygen atoms in total. The van der Waals surface area contributed by atoms with E-state index in [1.807, 2.05) is 31.2 Å². The van der Waals surface area contributed by atoms with Gasteiger partial charge in [0.25, 0.3) is 5.91 Å². The highest BCUT2D eigenvalue weighted by molar-refractivity contribution is 6.05. The van der Waals surface area contributed by atoms with E-state index in [-0.39, 0.29) is 17.7 Å². The molecule has 1 aliphatic rings. The fourth-order valence-corrected chi connectivity index (χ4v) is 2.58. The minimum absolute atomic E-state index is 0.0357. The number of rotatable bonds is 7. The van der Waals surface area contributed by atoms with E-state index < -0.39 is 0 Å². The van der Waals surface area contributed by atoms with Gasteiger partial charge >= 0.3 is 0 Å². The van der Waals surface area contributed by atoms with Gasteiger partial charge in [0.2, 0.25) is 5.91 Å². The average molecular weight is 337 g/mol. The van der Waals surface area contributed by atoms with Crippen LogP contribution in [0.15, 0.2) is 48.5 Å². The fourth-order valence-electron chi connectivity index (χ4n) is 2.58. The molecular formula is C20H23N3O2. The zero-order chi connectivity index (χ0) is 17.6. The van der Waals surface area contributed by atoms with Crippen LogP contribution in [-0.4, -0.2) is 18.4 Å². The third kappa shape index (κ3) is 4.67. The van der Waals surface area contributed by atoms with Crippen LogP contribution in [0.2, 0.25) is 0 Å². The minimum Gasteiger partial charge on any atom is -0.326 e. The molecule has 25 heavy (non-hydrogen) atoms. The zero-order valence-electron chi connectivity index (χ0n) is 14.3. The SMILES string of the molecule is CCNCc1ccccc1NC(=O)c1cccc(NC(=O)C2CC2)c1. The summed E-state index contributed by atoms with van der Waals surface area (Å²) in [5.41, 5.74) is 3.01. The van der Waals surface area contributed by atoms with Gasteiger partial charge in [-0.1, -0.05) is 31.2 Å². The largest absolute Gasteiger partial charge is 0.326 e. The fraction of sp³-hybridized carbons (Fsp3) is 0.300. The number of hydrogen-bond donors (Lipinski definition) is 3. The Morgan fingerprint density at radius 1 is 1.04 bits per heavy atom. The summed E-state index contributed by atoms with van der Waals surface area (Å²) in [4.78, 5) is 24.5. The smallest absolute Gasteiger partial charge is 0.255 e. The molecule has 3 rings (SSSR count). The van der Waals surface area contributed by atoms with Crippen molar-refractivity contribution in [1.82, 2.24) is 5.32 Å². The van der Waals surface area contributed by atoms with Crippen molar-refractivity contribution in [2.45, 2.75) is 26.3 Å². The molecule has 1 aliphatic carbocycles. The van der Waals surface area contributed by atoms with E-state index in [0.717, 1.165) is 30.6 Å². The van der Waals surface area contributed by atoms with Crippen molar-refractivity contribution in [2.24, 2.45) is 5.92 Å². The molecule has 1 saturated carbocycles. The van der Waals surface area contributed by atoms with Crippen molar-refractivity contribution in [2.75, 3.05) is 17.2 Å². The lowest BCUT2D eigenvalue weighted by Gasteiger charge is -2.12. The van der Waals surface area contributed by atoms with Crippen LogP contribution in [0.3, 0.4) is 0 Å². The van der Waals surface area contributed by atoms with Crippen molar-refractivity contribution in [3.63, 3.8) is 0 Å². The molecule has 0 aliphatic heterocycles. The summed E-state index contributed by atoms with van der Waals surface area (Å²) in [5, 5.41) is 9.10. The summed E-state index contributed by atoms with van der Waals surface area (Å²) in [7, 11) is 0. The number of amides is 2. The van der Waals surface area contributed by atoms with Gasteiger partial charge in [-0.3, -0.25) is 9.59 Å². The minimum atomic E-state index is -0.188. The highest BCUT2D eigenvalue weighted by Crippen LogP contribution is 2.30. The standard InChI is InChI=1S/C20H23N3O2/c1-2-21-13-16-6-3-4-9-18(16)23-20(25)15-7-5-8-17(12-15)22-19(24)14-10-11-14/h3-9,12,14,21H,2,10-11,13H2,1H3,(H,22,24)(H,23,25). The maximum absolute atomic E-state index is 12.6. The Kier molecular flexibility index (Phi) is 5.46. The van der Waals surface area contributed by atoms with Crippen molar-refractivity contribution in [3.05, 3.63) is 59.7 Å². The summed E-state index contributed by atoms with van der Waals surface area (Å²) in [6.07, 6.45) is 1.91. The Balaban J connectivity index is 1.70. The number of carbonyl (C=O) groups excluding carboxylic acids is 2. The predicted molar refractivity (Wildman–Crippen MR) is 99.6 cm³/mol. The number of nitrogens with one attached hydrogen (secondary N) is 3. The van der Waals surface area contributed by atoms with E-state index >= 15 is 0 Å². The van der Waals surface area contributed by atoms with E-state index in [1.165, 1.54) is 0 Å². The molecule has 0 heterocycles. The van der Waals surface area contributed by atoms with Gasteiger partial charge in [0, 0.05) is 29.4 Å². The van der Waals surface area contributed by atoms with Gasteiger partial charge in [-0.05, 0) is 49.2 Å². The van der Waals surface area contributed by atoms with E-state index in [0.29, 0.717) is 17.8 Å². The monoisotopic (exact) mass is 337 g/mol. The van der Waals surface area contributed by atoms with Crippen molar-refractivity contribution in [3.8, 4) is 0 Å². The first-order valence-electron chi connectivity index (χ1n) is 8.68. The van der Waals surface area contributed by atoms with Crippen LogP contribution in [0.4, 0.5) is 11.4 Å². The van der Waals surface area contributed by atoms with Crippen LogP contribution in [0.1, 0.15) is 35.7 Å². The molecule has 5 heteroatoms. The molecule has 2 aromatic carbocycles. The lowest BCUT2D eigenvalue weighted by atomic mass is 10.1. The summed E-state index contributed by atoms with van der Waals surface area (Å²) in [6.45, 7) is 3.61. The van der Waals surface area contributed by atoms with E-state index in [9.17, 15) is 9.59 Å². The number of carbonyl (C=O) groups is 2. The molecule has 2 aromatic rings. The van der Waals surface area contributed by atoms with Gasteiger partial charge in [-0.25, -0.2) is 0 Å². The second kappa shape index (κ2) is 7.94. The molecule has 0 atom stereocenters. The summed E-state index contributed by atoms with van der Waals surface area (Å²) < 4.78 is 0. The average Bonchev–Trinajstić information content (AvgIpc) is 3.46. The summed E-state index contributed by atoms with van der Waals surface area (Å²) in [6, 6.07) is 14.8. The van der Waals surface area contributed by atoms with Crippen LogP contribution in [0.5, 0.6) is 0 Å². The van der Waals surface area contributed by atoms with Crippen molar-refractivity contribution >= 4 is 23.2 Å². The number of anilines is 2. The van der Waals surface area contributed by atoms with Gasteiger partial charge in [-0.2, -0.15) is 0 Å². The third-order valence-electron chi connectivity index (χ3n) is 4.17. The summed E-state index contributed by atoms with van der Waals surface area (Å²) >= 11 is 0. The summed E-state index contributed by atoms with van der Waals surface area (Å²) in [5.74, 6) is -0.0181. The van der Waals surface area contributed by atoms with Gasteiger partial charge in [-0.15, -0.1) is 0 Å². The predicted octanol–water partition coefficient (Wildman–Crippen LogP) is 3.40. The molecule has 2 amide bonds. The second-order valence-electron chi connectivity index (χ2n) is 6.24. The van der Waals surface area contributed by atoms with Gasteiger partial charge in [0.05, 0.1) is 0 Å². The first-order valence-corrected chi connectivity index (χ1v) is 8.68. The highest BCUT2D eigenvalue weighted by Gasteiger charge is 2.29. The highest BCUT2D eigenvalue weighted by atomic mass is 16.2. The maximum Gasteiger partial charge on any atom is 0.255 e. The van der Waals surface area contributed by atoms with Crippen LogP contribution < -0.4 is 16.0 Å². The van der Waals surface area contributed by atoms with Crippen LogP contribution in [-0.2, 0) is 11.3 Å². The van der Waals surface area contributed by atoms with E-state index in [4.69, 9.17) is 0 Å². The zero-order valence-corrected chi connectivity index (χ0v) is 14.3. The first-order chi connectivity index (χ1) is 12.2. The maximum atomic E-state index is 12.6. The molecule has 0 saturated heterocycles. The molecule has 0 aromatic heterocycles. The molecule has 130 valence electrons. The van der Waals surface area contributed by atoms with E-state index in [2.05, 4.69) is 16.0 Å². The molecule has 3 N–H and O–H groups in total. The third-order valence-corrected chi connectivity index (χ3v) is 4.17. The molecule has 0 unspecified atom stereocenters. The Bertz CT molecular complexity index is 769. The number of benzene rings is 2. The number of hydrogen-bond acceptors (Lipinski definition) is 3. The van der Waals surface area contributed by atoms with E-state index in [1.54, 1.807) is 24.3 Å². The van der Waals surface area contributed by atoms with Crippen LogP contribution in [0, 0.1) is 5.92 Å². The second-order valence-corrected chi connectivity index (χ2v) is 6.24. The number of para-hydroxylation sites is 1. The Morgan fingerprint density at radius 3 is 2.60 bits per heavy atom. The Morgan fingerprint density at radius 2 is 1.84 bits per heavy atom. The Labute approximate surface area is 147 Å². The molecule has 1 fully saturated rings. The van der Waals surface area contributed by atoms with Gasteiger partial charge in [0.1, 0.15) is 0 Å². The lowest BCUT2D eigenvalue weighted by molar-refractivity contribution is -0.117. The topological polar surface area (TPSA) is 70.2 Å². The van der Waals surface area contributed by atoms with Crippen molar-refractivity contribution < 1.29 is 9.59 Å². The quantitative estimate of drug-likeness (QED) is 0.725. The van der Waals surface area contributed by atoms with Crippen LogP contribution in [0.25, 0.3) is 0 Å². The first kappa shape index (κ1) is 17.2. The molecular weight excluding hydrogens is 314 g/mol. The normalized spacial score (nSPS) is 13.3. The molecule has 0 spiro atoms.